The Labute approximate surface area is 149 Å². The third kappa shape index (κ3) is 3.21. The third-order valence-electron chi connectivity index (χ3n) is 5.60. The normalized spacial score (nSPS) is 14.4. The second-order valence-corrected chi connectivity index (χ2v) is 7.46. The maximum atomic E-state index is 6.10. The van der Waals surface area contributed by atoms with Crippen molar-refractivity contribution in [3.63, 3.8) is 0 Å². The summed E-state index contributed by atoms with van der Waals surface area (Å²) in [7, 11) is 12.2. The molecule has 1 aliphatic carbocycles. The summed E-state index contributed by atoms with van der Waals surface area (Å²) in [6.45, 7) is 4.63. The van der Waals surface area contributed by atoms with Crippen molar-refractivity contribution in [1.82, 2.24) is 0 Å². The van der Waals surface area contributed by atoms with Crippen molar-refractivity contribution in [3.8, 4) is 11.1 Å². The molecule has 0 N–H and O–H groups in total. The number of fused-ring (bicyclic) bond motifs is 3. The van der Waals surface area contributed by atoms with Gasteiger partial charge in [0.25, 0.3) is 0 Å². The van der Waals surface area contributed by atoms with Gasteiger partial charge in [-0.25, -0.2) is 0 Å². The minimum absolute atomic E-state index is 0.0280. The van der Waals surface area contributed by atoms with E-state index in [1.807, 2.05) is 12.1 Å². The van der Waals surface area contributed by atoms with E-state index in [1.54, 1.807) is 0 Å². The van der Waals surface area contributed by atoms with Crippen molar-refractivity contribution in [2.45, 2.75) is 64.2 Å². The van der Waals surface area contributed by atoms with Crippen molar-refractivity contribution in [1.29, 1.82) is 0 Å². The van der Waals surface area contributed by atoms with Gasteiger partial charge in [0.15, 0.2) is 0 Å². The largest absolute Gasteiger partial charge is 0.113 e. The zero-order chi connectivity index (χ0) is 17.2. The maximum Gasteiger partial charge on any atom is 0.113 e. The number of benzene rings is 2. The van der Waals surface area contributed by atoms with E-state index in [9.17, 15) is 0 Å². The minimum atomic E-state index is 0.0280. The fourth-order valence-electron chi connectivity index (χ4n) is 4.18. The van der Waals surface area contributed by atoms with E-state index < -0.39 is 0 Å². The van der Waals surface area contributed by atoms with Gasteiger partial charge in [-0.1, -0.05) is 99.7 Å². The van der Waals surface area contributed by atoms with Gasteiger partial charge in [0.1, 0.15) is 15.7 Å². The van der Waals surface area contributed by atoms with Crippen molar-refractivity contribution in [2.24, 2.45) is 0 Å². The molecule has 3 rings (SSSR count). The molecular formula is C22H26B2. The van der Waals surface area contributed by atoms with Gasteiger partial charge in [-0.05, 0) is 28.7 Å². The van der Waals surface area contributed by atoms with Crippen LogP contribution in [0.2, 0.25) is 0 Å². The highest BCUT2D eigenvalue weighted by Crippen LogP contribution is 2.50. The molecule has 0 aromatic heterocycles. The van der Waals surface area contributed by atoms with Crippen LogP contribution in [0.25, 0.3) is 11.1 Å². The van der Waals surface area contributed by atoms with E-state index >= 15 is 0 Å². The number of hydrogen-bond donors (Lipinski definition) is 0. The lowest BCUT2D eigenvalue weighted by molar-refractivity contribution is 0.481. The van der Waals surface area contributed by atoms with Gasteiger partial charge in [0.05, 0.1) is 0 Å². The van der Waals surface area contributed by atoms with Crippen molar-refractivity contribution < 1.29 is 0 Å². The van der Waals surface area contributed by atoms with Crippen LogP contribution in [0.1, 0.15) is 69.9 Å². The molecule has 1 aliphatic rings. The Balaban J connectivity index is 1.86. The van der Waals surface area contributed by atoms with Crippen LogP contribution in [0.3, 0.4) is 0 Å². The molecule has 0 heterocycles. The molecule has 24 heavy (non-hydrogen) atoms. The smallest absolute Gasteiger partial charge is 0.0963 e. The molecule has 120 valence electrons. The summed E-state index contributed by atoms with van der Waals surface area (Å²) in [5.74, 6) is 0. The highest BCUT2D eigenvalue weighted by molar-refractivity contribution is 6.33. The Bertz CT molecular complexity index is 666. The molecule has 0 atom stereocenters. The predicted molar refractivity (Wildman–Crippen MR) is 107 cm³/mol. The molecule has 0 nitrogen and oxygen atoms in total. The molecule has 4 radical (unpaired) electrons. The van der Waals surface area contributed by atoms with Crippen molar-refractivity contribution >= 4 is 26.6 Å². The highest BCUT2D eigenvalue weighted by atomic mass is 14.4. The average molecular weight is 312 g/mol. The van der Waals surface area contributed by atoms with Crippen molar-refractivity contribution in [3.05, 3.63) is 47.5 Å². The van der Waals surface area contributed by atoms with E-state index in [0.717, 1.165) is 17.3 Å². The summed E-state index contributed by atoms with van der Waals surface area (Å²) in [5.41, 5.74) is 7.13. The summed E-state index contributed by atoms with van der Waals surface area (Å²) in [6.07, 6.45) is 9.09. The second kappa shape index (κ2) is 7.21. The number of hydrogen-bond acceptors (Lipinski definition) is 0. The van der Waals surface area contributed by atoms with Crippen LogP contribution in [0.15, 0.2) is 36.4 Å². The zero-order valence-electron chi connectivity index (χ0n) is 15.1. The average Bonchev–Trinajstić information content (AvgIpc) is 2.80. The fourth-order valence-corrected chi connectivity index (χ4v) is 4.18. The Morgan fingerprint density at radius 2 is 1.25 bits per heavy atom. The number of unbranched alkanes of at least 4 members (excludes halogenated alkanes) is 5. The van der Waals surface area contributed by atoms with Gasteiger partial charge in [0, 0.05) is 5.41 Å². The molecule has 0 amide bonds. The quantitative estimate of drug-likeness (QED) is 0.528. The molecule has 0 saturated heterocycles. The summed E-state index contributed by atoms with van der Waals surface area (Å²) >= 11 is 0. The molecule has 0 saturated carbocycles. The molecule has 2 heteroatoms. The molecule has 0 spiro atoms. The first kappa shape index (κ1) is 17.4. The Kier molecular flexibility index (Phi) is 5.23. The van der Waals surface area contributed by atoms with Crippen molar-refractivity contribution in [2.75, 3.05) is 0 Å². The summed E-state index contributed by atoms with van der Waals surface area (Å²) in [4.78, 5) is 0. The zero-order valence-corrected chi connectivity index (χ0v) is 15.1. The number of rotatable bonds is 7. The Morgan fingerprint density at radius 1 is 0.750 bits per heavy atom. The first-order chi connectivity index (χ1) is 11.6. The molecule has 2 aromatic rings. The first-order valence-electron chi connectivity index (χ1n) is 9.36. The van der Waals surface area contributed by atoms with Crippen LogP contribution in [0.4, 0.5) is 0 Å². The van der Waals surface area contributed by atoms with Gasteiger partial charge in [-0.2, -0.15) is 0 Å². The van der Waals surface area contributed by atoms with Crippen LogP contribution in [-0.2, 0) is 5.41 Å². The first-order valence-corrected chi connectivity index (χ1v) is 9.36. The lowest BCUT2D eigenvalue weighted by Gasteiger charge is -2.28. The lowest BCUT2D eigenvalue weighted by atomic mass is 9.74. The van der Waals surface area contributed by atoms with E-state index in [0.29, 0.717) is 0 Å². The topological polar surface area (TPSA) is 0 Å². The van der Waals surface area contributed by atoms with E-state index in [4.69, 9.17) is 15.7 Å². The van der Waals surface area contributed by atoms with Gasteiger partial charge < -0.3 is 0 Å². The standard InChI is InChI=1S/C22H26B2/c1-3-4-5-6-7-8-13-22(2)20-14-16(23)9-11-18(20)19-12-10-17(24)15-21(19)22/h9-12,14-15H,3-8,13H2,1-2H3. The molecular weight excluding hydrogens is 286 g/mol. The second-order valence-electron chi connectivity index (χ2n) is 7.46. The monoisotopic (exact) mass is 312 g/mol. The highest BCUT2D eigenvalue weighted by Gasteiger charge is 2.38. The van der Waals surface area contributed by atoms with E-state index in [-0.39, 0.29) is 5.41 Å². The maximum absolute atomic E-state index is 6.10. The van der Waals surface area contributed by atoms with Gasteiger partial charge in [-0.3, -0.25) is 0 Å². The van der Waals surface area contributed by atoms with Crippen LogP contribution in [-0.4, -0.2) is 15.7 Å². The Morgan fingerprint density at radius 3 is 1.79 bits per heavy atom. The lowest BCUT2D eigenvalue weighted by Crippen LogP contribution is -2.23. The molecule has 0 bridgehead atoms. The van der Waals surface area contributed by atoms with E-state index in [1.165, 1.54) is 60.8 Å². The van der Waals surface area contributed by atoms with Crippen LogP contribution in [0, 0.1) is 0 Å². The van der Waals surface area contributed by atoms with Gasteiger partial charge in [0.2, 0.25) is 0 Å². The van der Waals surface area contributed by atoms with Crippen LogP contribution in [0.5, 0.6) is 0 Å². The van der Waals surface area contributed by atoms with Gasteiger partial charge >= 0.3 is 0 Å². The summed E-state index contributed by atoms with van der Waals surface area (Å²) in [5, 5.41) is 0. The predicted octanol–water partition coefficient (Wildman–Crippen LogP) is 4.31. The molecule has 2 aromatic carbocycles. The SMILES string of the molecule is [B]c1ccc2c(c1)C(C)(CCCCCCCC)c1cc([B])ccc1-2. The van der Waals surface area contributed by atoms with Crippen LogP contribution < -0.4 is 10.9 Å². The summed E-state index contributed by atoms with van der Waals surface area (Å²) < 4.78 is 0. The van der Waals surface area contributed by atoms with E-state index in [2.05, 4.69) is 38.1 Å². The third-order valence-corrected chi connectivity index (χ3v) is 5.60. The molecule has 0 unspecified atom stereocenters. The fraction of sp³-hybridized carbons (Fsp3) is 0.455. The molecule has 0 fully saturated rings. The Hall–Kier alpha value is -1.43. The van der Waals surface area contributed by atoms with Gasteiger partial charge in [-0.15, -0.1) is 0 Å². The van der Waals surface area contributed by atoms with Crippen LogP contribution >= 0.6 is 0 Å². The minimum Gasteiger partial charge on any atom is -0.0963 e. The summed E-state index contributed by atoms with van der Waals surface area (Å²) in [6, 6.07) is 12.7. The molecule has 0 aliphatic heterocycles.